The fourth-order valence-electron chi connectivity index (χ4n) is 3.64. The van der Waals surface area contributed by atoms with Crippen LogP contribution in [-0.2, 0) is 6.42 Å². The zero-order valence-electron chi connectivity index (χ0n) is 14.8. The summed E-state index contributed by atoms with van der Waals surface area (Å²) in [5.74, 6) is -0.0674. The highest BCUT2D eigenvalue weighted by atomic mass is 16.1. The topological polar surface area (TPSA) is 69.8 Å². The molecule has 2 aromatic heterocycles. The second kappa shape index (κ2) is 7.60. The van der Waals surface area contributed by atoms with E-state index in [-0.39, 0.29) is 5.91 Å². The van der Waals surface area contributed by atoms with Gasteiger partial charge in [-0.15, -0.1) is 0 Å². The molecule has 1 saturated carbocycles. The first-order valence-electron chi connectivity index (χ1n) is 9.35. The van der Waals surface area contributed by atoms with Gasteiger partial charge >= 0.3 is 0 Å². The van der Waals surface area contributed by atoms with Crippen molar-refractivity contribution < 1.29 is 4.79 Å². The van der Waals surface area contributed by atoms with Gasteiger partial charge < -0.3 is 15.6 Å². The quantitative estimate of drug-likeness (QED) is 0.633. The Labute approximate surface area is 153 Å². The number of carbonyl (C=O) groups excluding carboxylic acids is 1. The number of pyridine rings is 1. The van der Waals surface area contributed by atoms with Crippen LogP contribution in [0.25, 0.3) is 10.9 Å². The zero-order valence-corrected chi connectivity index (χ0v) is 14.8. The van der Waals surface area contributed by atoms with Crippen LogP contribution < -0.4 is 10.6 Å². The van der Waals surface area contributed by atoms with E-state index in [0.29, 0.717) is 11.7 Å². The van der Waals surface area contributed by atoms with Crippen molar-refractivity contribution in [1.29, 1.82) is 0 Å². The van der Waals surface area contributed by atoms with Gasteiger partial charge in [-0.05, 0) is 43.0 Å². The number of anilines is 1. The molecular formula is C21H24N4O. The monoisotopic (exact) mass is 348 g/mol. The maximum atomic E-state index is 12.2. The summed E-state index contributed by atoms with van der Waals surface area (Å²) in [6.45, 7) is 0.817. The van der Waals surface area contributed by atoms with Crippen molar-refractivity contribution in [2.45, 2.75) is 38.1 Å². The molecule has 1 aliphatic rings. The molecule has 0 bridgehead atoms. The first-order chi connectivity index (χ1) is 12.8. The van der Waals surface area contributed by atoms with E-state index < -0.39 is 0 Å². The van der Waals surface area contributed by atoms with E-state index in [4.69, 9.17) is 0 Å². The minimum Gasteiger partial charge on any atom is -0.383 e. The van der Waals surface area contributed by atoms with Gasteiger partial charge in [-0.25, -0.2) is 4.98 Å². The van der Waals surface area contributed by atoms with Crippen molar-refractivity contribution in [2.75, 3.05) is 11.9 Å². The SMILES string of the molecule is O=C(NC1CCCC1)c1ccc(NCCc2c[nH]c3ccccc23)cn1. The number of aromatic amines is 1. The Morgan fingerprint density at radius 1 is 1.15 bits per heavy atom. The average molecular weight is 348 g/mol. The molecule has 0 spiro atoms. The predicted octanol–water partition coefficient (Wildman–Crippen LogP) is 3.89. The zero-order chi connectivity index (χ0) is 17.8. The third kappa shape index (κ3) is 3.72. The number of nitrogens with zero attached hydrogens (tertiary/aromatic N) is 1. The van der Waals surface area contributed by atoms with Crippen LogP contribution in [0.15, 0.2) is 48.8 Å². The van der Waals surface area contributed by atoms with Crippen LogP contribution in [-0.4, -0.2) is 28.5 Å². The van der Waals surface area contributed by atoms with Crippen LogP contribution >= 0.6 is 0 Å². The molecule has 26 heavy (non-hydrogen) atoms. The maximum Gasteiger partial charge on any atom is 0.270 e. The summed E-state index contributed by atoms with van der Waals surface area (Å²) in [5.41, 5.74) is 3.89. The highest BCUT2D eigenvalue weighted by molar-refractivity contribution is 5.92. The molecule has 0 aliphatic heterocycles. The molecule has 0 radical (unpaired) electrons. The summed E-state index contributed by atoms with van der Waals surface area (Å²) in [7, 11) is 0. The fraction of sp³-hybridized carbons (Fsp3) is 0.333. The number of amides is 1. The first-order valence-corrected chi connectivity index (χ1v) is 9.35. The molecule has 2 heterocycles. The number of nitrogens with one attached hydrogen (secondary N) is 3. The fourth-order valence-corrected chi connectivity index (χ4v) is 3.64. The smallest absolute Gasteiger partial charge is 0.270 e. The third-order valence-electron chi connectivity index (χ3n) is 5.08. The molecule has 0 unspecified atom stereocenters. The summed E-state index contributed by atoms with van der Waals surface area (Å²) < 4.78 is 0. The largest absolute Gasteiger partial charge is 0.383 e. The van der Waals surface area contributed by atoms with E-state index in [9.17, 15) is 4.79 Å². The minimum atomic E-state index is -0.0674. The molecule has 3 N–H and O–H groups in total. The van der Waals surface area contributed by atoms with Gasteiger partial charge in [0, 0.05) is 29.7 Å². The lowest BCUT2D eigenvalue weighted by Crippen LogP contribution is -2.33. The maximum absolute atomic E-state index is 12.2. The van der Waals surface area contributed by atoms with Gasteiger partial charge in [0.1, 0.15) is 5.69 Å². The van der Waals surface area contributed by atoms with Crippen molar-refractivity contribution in [3.8, 4) is 0 Å². The van der Waals surface area contributed by atoms with Crippen molar-refractivity contribution in [3.05, 3.63) is 60.0 Å². The summed E-state index contributed by atoms with van der Waals surface area (Å²) >= 11 is 0. The van der Waals surface area contributed by atoms with Crippen molar-refractivity contribution >= 4 is 22.5 Å². The molecule has 4 rings (SSSR count). The number of aromatic nitrogens is 2. The van der Waals surface area contributed by atoms with Crippen LogP contribution in [0.3, 0.4) is 0 Å². The van der Waals surface area contributed by atoms with E-state index in [1.807, 2.05) is 12.1 Å². The number of hydrogen-bond donors (Lipinski definition) is 3. The van der Waals surface area contributed by atoms with Crippen LogP contribution in [0, 0.1) is 0 Å². The Morgan fingerprint density at radius 3 is 2.81 bits per heavy atom. The molecule has 1 amide bonds. The van der Waals surface area contributed by atoms with Crippen LogP contribution in [0.4, 0.5) is 5.69 Å². The Kier molecular flexibility index (Phi) is 4.86. The van der Waals surface area contributed by atoms with Crippen LogP contribution in [0.5, 0.6) is 0 Å². The van der Waals surface area contributed by atoms with E-state index in [1.165, 1.54) is 29.3 Å². The van der Waals surface area contributed by atoms with E-state index in [1.54, 1.807) is 12.3 Å². The lowest BCUT2D eigenvalue weighted by Gasteiger charge is -2.11. The second-order valence-electron chi connectivity index (χ2n) is 6.92. The summed E-state index contributed by atoms with van der Waals surface area (Å²) in [6.07, 6.45) is 9.31. The van der Waals surface area contributed by atoms with Crippen LogP contribution in [0.1, 0.15) is 41.7 Å². The number of fused-ring (bicyclic) bond motifs is 1. The standard InChI is InChI=1S/C21H24N4O/c26-21(25-16-5-1-2-6-16)20-10-9-17(14-24-20)22-12-11-15-13-23-19-8-4-3-7-18(15)19/h3-4,7-10,13-14,16,22-23H,1-2,5-6,11-12H2,(H,25,26). The average Bonchev–Trinajstić information content (AvgIpc) is 3.32. The normalized spacial score (nSPS) is 14.6. The van der Waals surface area contributed by atoms with Gasteiger partial charge in [0.2, 0.25) is 0 Å². The van der Waals surface area contributed by atoms with Gasteiger partial charge in [0.15, 0.2) is 0 Å². The Bertz CT molecular complexity index is 878. The third-order valence-corrected chi connectivity index (χ3v) is 5.08. The molecule has 1 aliphatic carbocycles. The molecule has 134 valence electrons. The van der Waals surface area contributed by atoms with Crippen LogP contribution in [0.2, 0.25) is 0 Å². The first kappa shape index (κ1) is 16.6. The highest BCUT2D eigenvalue weighted by Crippen LogP contribution is 2.19. The summed E-state index contributed by atoms with van der Waals surface area (Å²) in [4.78, 5) is 19.8. The Hall–Kier alpha value is -2.82. The van der Waals surface area contributed by atoms with Gasteiger partial charge in [0.25, 0.3) is 5.91 Å². The van der Waals surface area contributed by atoms with E-state index in [0.717, 1.165) is 31.5 Å². The van der Waals surface area contributed by atoms with Crippen molar-refractivity contribution in [1.82, 2.24) is 15.3 Å². The molecule has 3 aromatic rings. The molecule has 1 aromatic carbocycles. The van der Waals surface area contributed by atoms with Crippen molar-refractivity contribution in [2.24, 2.45) is 0 Å². The van der Waals surface area contributed by atoms with E-state index in [2.05, 4.69) is 45.0 Å². The molecule has 0 saturated heterocycles. The lowest BCUT2D eigenvalue weighted by molar-refractivity contribution is 0.0933. The molecule has 1 fully saturated rings. The molecule has 5 heteroatoms. The number of hydrogen-bond acceptors (Lipinski definition) is 3. The van der Waals surface area contributed by atoms with Crippen molar-refractivity contribution in [3.63, 3.8) is 0 Å². The lowest BCUT2D eigenvalue weighted by atomic mass is 10.1. The Balaban J connectivity index is 1.30. The summed E-state index contributed by atoms with van der Waals surface area (Å²) in [6, 6.07) is 12.4. The number of carbonyl (C=O) groups is 1. The molecule has 0 atom stereocenters. The minimum absolute atomic E-state index is 0.0674. The number of benzene rings is 1. The number of para-hydroxylation sites is 1. The predicted molar refractivity (Wildman–Crippen MR) is 104 cm³/mol. The van der Waals surface area contributed by atoms with Gasteiger partial charge in [-0.1, -0.05) is 31.0 Å². The highest BCUT2D eigenvalue weighted by Gasteiger charge is 2.18. The van der Waals surface area contributed by atoms with E-state index >= 15 is 0 Å². The molecular weight excluding hydrogens is 324 g/mol. The Morgan fingerprint density at radius 2 is 2.00 bits per heavy atom. The molecule has 5 nitrogen and oxygen atoms in total. The van der Waals surface area contributed by atoms with Gasteiger partial charge in [0.05, 0.1) is 11.9 Å². The van der Waals surface area contributed by atoms with Gasteiger partial charge in [-0.3, -0.25) is 4.79 Å². The van der Waals surface area contributed by atoms with Gasteiger partial charge in [-0.2, -0.15) is 0 Å². The second-order valence-corrected chi connectivity index (χ2v) is 6.92. The number of H-pyrrole nitrogens is 1. The summed E-state index contributed by atoms with van der Waals surface area (Å²) in [5, 5.41) is 7.72. The number of rotatable bonds is 6.